The highest BCUT2D eigenvalue weighted by molar-refractivity contribution is 7.53. The first kappa shape index (κ1) is 24.6. The van der Waals surface area contributed by atoms with Crippen molar-refractivity contribution in [3.8, 4) is 0 Å². The molecule has 162 valence electrons. The van der Waals surface area contributed by atoms with Gasteiger partial charge in [0, 0.05) is 19.4 Å². The van der Waals surface area contributed by atoms with Gasteiger partial charge in [0.25, 0.3) is 0 Å². The van der Waals surface area contributed by atoms with Crippen LogP contribution in [0.15, 0.2) is 30.3 Å². The molecule has 0 spiro atoms. The van der Waals surface area contributed by atoms with Gasteiger partial charge in [0.2, 0.25) is 5.91 Å². The molecule has 1 amide bonds. The molecule has 2 unspecified atom stereocenters. The van der Waals surface area contributed by atoms with Gasteiger partial charge in [-0.25, -0.2) is 4.79 Å². The predicted octanol–water partition coefficient (Wildman–Crippen LogP) is 1.25. The number of guanidine groups is 1. The third-order valence-electron chi connectivity index (χ3n) is 4.05. The fraction of sp³-hybridized carbons (Fsp3) is 0.500. The fourth-order valence-electron chi connectivity index (χ4n) is 2.57. The van der Waals surface area contributed by atoms with Crippen LogP contribution < -0.4 is 16.4 Å². The van der Waals surface area contributed by atoms with Gasteiger partial charge in [-0.1, -0.05) is 44.2 Å². The SMILES string of the molecule is CC(C)C(NC(=O)CCc1ccccc1)P(=O)(O)O[C@@H](CCNC(=N)N)C(=O)O. The van der Waals surface area contributed by atoms with Crippen molar-refractivity contribution in [3.05, 3.63) is 35.9 Å². The number of carboxylic acids is 1. The summed E-state index contributed by atoms with van der Waals surface area (Å²) in [6, 6.07) is 9.32. The van der Waals surface area contributed by atoms with E-state index in [0.29, 0.717) is 6.42 Å². The van der Waals surface area contributed by atoms with Gasteiger partial charge in [0.05, 0.1) is 0 Å². The molecule has 3 atom stereocenters. The smallest absolute Gasteiger partial charge is 0.351 e. The second kappa shape index (κ2) is 11.5. The van der Waals surface area contributed by atoms with E-state index in [-0.39, 0.29) is 25.3 Å². The Balaban J connectivity index is 2.74. The summed E-state index contributed by atoms with van der Waals surface area (Å²) >= 11 is 0. The molecule has 0 aliphatic heterocycles. The predicted molar refractivity (Wildman–Crippen MR) is 108 cm³/mol. The topological polar surface area (TPSA) is 175 Å². The number of aliphatic carboxylic acids is 1. The van der Waals surface area contributed by atoms with Crippen LogP contribution in [0, 0.1) is 11.3 Å². The molecule has 0 heterocycles. The average molecular weight is 428 g/mol. The Hall–Kier alpha value is -2.42. The lowest BCUT2D eigenvalue weighted by Crippen LogP contribution is -2.41. The van der Waals surface area contributed by atoms with Crippen molar-refractivity contribution in [2.45, 2.75) is 45.0 Å². The summed E-state index contributed by atoms with van der Waals surface area (Å²) in [5, 5.41) is 21.2. The molecule has 0 aliphatic rings. The van der Waals surface area contributed by atoms with Crippen LogP contribution in [0.4, 0.5) is 0 Å². The van der Waals surface area contributed by atoms with E-state index >= 15 is 0 Å². The fourth-order valence-corrected chi connectivity index (χ4v) is 4.32. The number of amides is 1. The van der Waals surface area contributed by atoms with E-state index in [2.05, 4.69) is 10.6 Å². The minimum Gasteiger partial charge on any atom is -0.479 e. The number of carbonyl (C=O) groups is 2. The molecule has 7 N–H and O–H groups in total. The van der Waals surface area contributed by atoms with Crippen LogP contribution >= 0.6 is 7.60 Å². The molecule has 0 aromatic heterocycles. The molecule has 0 fully saturated rings. The summed E-state index contributed by atoms with van der Waals surface area (Å²) in [6.45, 7) is 3.23. The van der Waals surface area contributed by atoms with Crippen molar-refractivity contribution in [2.24, 2.45) is 11.7 Å². The van der Waals surface area contributed by atoms with E-state index in [1.807, 2.05) is 30.3 Å². The Morgan fingerprint density at radius 2 is 1.90 bits per heavy atom. The standard InChI is InChI=1S/C18H29N4O6P/c1-12(2)16(22-15(23)9-8-13-6-4-3-5-7-13)29(26,27)28-14(17(24)25)10-11-21-18(19)20/h3-7,12,14,16H,8-11H2,1-2H3,(H,22,23)(H,24,25)(H,26,27)(H4,19,20,21)/t14-,16?/m0/s1. The van der Waals surface area contributed by atoms with E-state index in [1.165, 1.54) is 0 Å². The van der Waals surface area contributed by atoms with Crippen LogP contribution in [-0.2, 0) is 25.1 Å². The van der Waals surface area contributed by atoms with Gasteiger partial charge >= 0.3 is 13.6 Å². The number of carbonyl (C=O) groups excluding carboxylic acids is 1. The van der Waals surface area contributed by atoms with Gasteiger partial charge in [-0.3, -0.25) is 19.3 Å². The molecule has 0 bridgehead atoms. The molecule has 0 saturated heterocycles. The largest absolute Gasteiger partial charge is 0.479 e. The van der Waals surface area contributed by atoms with E-state index < -0.39 is 37.3 Å². The monoisotopic (exact) mass is 428 g/mol. The zero-order valence-corrected chi connectivity index (χ0v) is 17.4. The zero-order chi connectivity index (χ0) is 22.0. The van der Waals surface area contributed by atoms with Gasteiger partial charge in [-0.15, -0.1) is 0 Å². The summed E-state index contributed by atoms with van der Waals surface area (Å²) < 4.78 is 17.8. The van der Waals surface area contributed by atoms with Crippen molar-refractivity contribution >= 4 is 25.4 Å². The molecular weight excluding hydrogens is 399 g/mol. The molecule has 29 heavy (non-hydrogen) atoms. The average Bonchev–Trinajstić information content (AvgIpc) is 2.63. The summed E-state index contributed by atoms with van der Waals surface area (Å²) in [6.07, 6.45) is -1.22. The number of hydrogen-bond acceptors (Lipinski definition) is 5. The molecule has 10 nitrogen and oxygen atoms in total. The van der Waals surface area contributed by atoms with E-state index in [9.17, 15) is 24.2 Å². The van der Waals surface area contributed by atoms with Crippen molar-refractivity contribution in [1.82, 2.24) is 10.6 Å². The van der Waals surface area contributed by atoms with Gasteiger partial charge < -0.3 is 26.4 Å². The van der Waals surface area contributed by atoms with Gasteiger partial charge in [0.15, 0.2) is 12.1 Å². The third-order valence-corrected chi connectivity index (χ3v) is 6.04. The number of benzene rings is 1. The molecule has 0 aliphatic carbocycles. The highest BCUT2D eigenvalue weighted by atomic mass is 31.2. The third kappa shape index (κ3) is 9.08. The molecular formula is C18H29N4O6P. The second-order valence-electron chi connectivity index (χ2n) is 6.87. The second-order valence-corrected chi connectivity index (χ2v) is 8.76. The summed E-state index contributed by atoms with van der Waals surface area (Å²) in [7, 11) is -4.51. The highest BCUT2D eigenvalue weighted by Crippen LogP contribution is 2.50. The number of hydrogen-bond donors (Lipinski definition) is 6. The summed E-state index contributed by atoms with van der Waals surface area (Å²) in [5.41, 5.74) is 6.08. The molecule has 0 saturated carbocycles. The number of nitrogens with two attached hydrogens (primary N) is 1. The van der Waals surface area contributed by atoms with Crippen LogP contribution in [0.5, 0.6) is 0 Å². The van der Waals surface area contributed by atoms with Crippen LogP contribution in [0.2, 0.25) is 0 Å². The maximum atomic E-state index is 12.7. The van der Waals surface area contributed by atoms with E-state index in [1.54, 1.807) is 13.8 Å². The summed E-state index contributed by atoms with van der Waals surface area (Å²) in [4.78, 5) is 34.0. The van der Waals surface area contributed by atoms with Crippen molar-refractivity contribution in [2.75, 3.05) is 6.54 Å². The van der Waals surface area contributed by atoms with Crippen LogP contribution in [0.1, 0.15) is 32.3 Å². The maximum absolute atomic E-state index is 12.7. The Kier molecular flexibility index (Phi) is 9.80. The Labute approximate surface area is 169 Å². The Morgan fingerprint density at radius 1 is 1.28 bits per heavy atom. The lowest BCUT2D eigenvalue weighted by Gasteiger charge is -2.28. The zero-order valence-electron chi connectivity index (χ0n) is 16.5. The Morgan fingerprint density at radius 3 is 2.41 bits per heavy atom. The van der Waals surface area contributed by atoms with E-state index in [0.717, 1.165) is 5.56 Å². The molecule has 1 rings (SSSR count). The number of nitrogens with one attached hydrogen (secondary N) is 3. The minimum absolute atomic E-state index is 0.0257. The molecule has 0 radical (unpaired) electrons. The minimum atomic E-state index is -4.51. The molecule has 11 heteroatoms. The lowest BCUT2D eigenvalue weighted by molar-refractivity contribution is -0.145. The lowest BCUT2D eigenvalue weighted by atomic mass is 10.1. The normalized spacial score (nSPS) is 15.2. The highest BCUT2D eigenvalue weighted by Gasteiger charge is 2.40. The van der Waals surface area contributed by atoms with Crippen LogP contribution in [0.25, 0.3) is 0 Å². The maximum Gasteiger partial charge on any atom is 0.351 e. The van der Waals surface area contributed by atoms with Gasteiger partial charge in [-0.05, 0) is 17.9 Å². The number of carboxylic acid groups (broad SMARTS) is 1. The number of aryl methyl sites for hydroxylation is 1. The van der Waals surface area contributed by atoms with Crippen molar-refractivity contribution in [3.63, 3.8) is 0 Å². The first-order valence-electron chi connectivity index (χ1n) is 9.17. The summed E-state index contributed by atoms with van der Waals surface area (Å²) in [5.74, 6) is -3.95. The Bertz CT molecular complexity index is 743. The van der Waals surface area contributed by atoms with Crippen LogP contribution in [-0.4, -0.2) is 46.3 Å². The van der Waals surface area contributed by atoms with Crippen molar-refractivity contribution in [1.29, 1.82) is 5.41 Å². The first-order valence-corrected chi connectivity index (χ1v) is 10.8. The molecule has 1 aromatic carbocycles. The van der Waals surface area contributed by atoms with Gasteiger partial charge in [0.1, 0.15) is 5.78 Å². The first-order chi connectivity index (χ1) is 13.5. The van der Waals surface area contributed by atoms with Crippen molar-refractivity contribution < 1.29 is 28.7 Å². The molecule has 1 aromatic rings. The quantitative estimate of drug-likeness (QED) is 0.164. The van der Waals surface area contributed by atoms with Gasteiger partial charge in [-0.2, -0.15) is 0 Å². The van der Waals surface area contributed by atoms with Crippen LogP contribution in [0.3, 0.4) is 0 Å². The number of rotatable bonds is 12. The van der Waals surface area contributed by atoms with E-state index in [4.69, 9.17) is 15.7 Å².